The molecule has 0 amide bonds. The van der Waals surface area contributed by atoms with Gasteiger partial charge >= 0.3 is 11.9 Å². The molecule has 0 aromatic carbocycles. The Balaban J connectivity index is 2.79. The first kappa shape index (κ1) is 18.4. The van der Waals surface area contributed by atoms with E-state index >= 15 is 0 Å². The minimum atomic E-state index is -0.484. The standard InChI is InChI=1S/C14H22O5S2/c1-4-7-8-19-10-9-20-11(13(15)17-5-2)12(21-10)14(16)18-6-3/h10H,4-9H2,1-3H3. The van der Waals surface area contributed by atoms with Gasteiger partial charge in [-0.05, 0) is 20.3 Å². The fourth-order valence-corrected chi connectivity index (χ4v) is 3.92. The summed E-state index contributed by atoms with van der Waals surface area (Å²) >= 11 is 2.55. The van der Waals surface area contributed by atoms with Gasteiger partial charge in [0.15, 0.2) is 0 Å². The Bertz CT molecular complexity index is 395. The lowest BCUT2D eigenvalue weighted by molar-refractivity contribution is -0.140. The quantitative estimate of drug-likeness (QED) is 0.499. The molecule has 0 aromatic rings. The van der Waals surface area contributed by atoms with E-state index in [4.69, 9.17) is 14.2 Å². The normalized spacial score (nSPS) is 18.5. The molecular formula is C14H22O5S2. The second-order valence-electron chi connectivity index (χ2n) is 4.18. The van der Waals surface area contributed by atoms with Gasteiger partial charge in [0.2, 0.25) is 0 Å². The molecule has 0 fully saturated rings. The molecule has 21 heavy (non-hydrogen) atoms. The van der Waals surface area contributed by atoms with Crippen molar-refractivity contribution in [2.24, 2.45) is 0 Å². The summed E-state index contributed by atoms with van der Waals surface area (Å²) in [5.74, 6) is -0.335. The average Bonchev–Trinajstić information content (AvgIpc) is 2.48. The van der Waals surface area contributed by atoms with E-state index in [0.29, 0.717) is 22.2 Å². The zero-order valence-corrected chi connectivity index (χ0v) is 14.3. The molecule has 1 atom stereocenters. The van der Waals surface area contributed by atoms with Gasteiger partial charge in [-0.3, -0.25) is 0 Å². The summed E-state index contributed by atoms with van der Waals surface area (Å²) in [6.07, 6.45) is 2.03. The summed E-state index contributed by atoms with van der Waals surface area (Å²) in [4.78, 5) is 24.6. The van der Waals surface area contributed by atoms with Crippen LogP contribution in [0.1, 0.15) is 33.6 Å². The molecule has 0 bridgehead atoms. The maximum absolute atomic E-state index is 12.0. The van der Waals surface area contributed by atoms with E-state index in [1.165, 1.54) is 23.5 Å². The van der Waals surface area contributed by atoms with Gasteiger partial charge in [-0.25, -0.2) is 9.59 Å². The average molecular weight is 334 g/mol. The Morgan fingerprint density at radius 3 is 2.29 bits per heavy atom. The molecule has 0 N–H and O–H groups in total. The number of esters is 2. The van der Waals surface area contributed by atoms with Crippen LogP contribution in [0.15, 0.2) is 9.81 Å². The zero-order chi connectivity index (χ0) is 15.7. The van der Waals surface area contributed by atoms with Crippen molar-refractivity contribution in [3.05, 3.63) is 9.81 Å². The second kappa shape index (κ2) is 10.1. The van der Waals surface area contributed by atoms with E-state index in [-0.39, 0.29) is 18.6 Å². The molecule has 1 aliphatic rings. The predicted octanol–water partition coefficient (Wildman–Crippen LogP) is 2.95. The third kappa shape index (κ3) is 5.92. The van der Waals surface area contributed by atoms with Gasteiger partial charge in [-0.2, -0.15) is 0 Å². The highest BCUT2D eigenvalue weighted by atomic mass is 32.2. The van der Waals surface area contributed by atoms with Gasteiger partial charge in [0.05, 0.1) is 13.2 Å². The van der Waals surface area contributed by atoms with Crippen LogP contribution in [0.25, 0.3) is 0 Å². The van der Waals surface area contributed by atoms with E-state index in [1.807, 2.05) is 0 Å². The van der Waals surface area contributed by atoms with Crippen molar-refractivity contribution < 1.29 is 23.8 Å². The first-order valence-corrected chi connectivity index (χ1v) is 9.00. The monoisotopic (exact) mass is 334 g/mol. The van der Waals surface area contributed by atoms with Crippen molar-refractivity contribution in [2.75, 3.05) is 25.6 Å². The molecule has 1 rings (SSSR count). The maximum Gasteiger partial charge on any atom is 0.346 e. The Labute approximate surface area is 134 Å². The Hall–Kier alpha value is -0.660. The summed E-state index contributed by atoms with van der Waals surface area (Å²) in [7, 11) is 0. The zero-order valence-electron chi connectivity index (χ0n) is 12.7. The molecule has 0 aliphatic carbocycles. The summed E-state index contributed by atoms with van der Waals surface area (Å²) < 4.78 is 15.7. The number of unbranched alkanes of at least 4 members (excludes halogenated alkanes) is 1. The number of carbonyl (C=O) groups excluding carboxylic acids is 2. The molecule has 7 heteroatoms. The van der Waals surface area contributed by atoms with Crippen LogP contribution < -0.4 is 0 Å². The van der Waals surface area contributed by atoms with Crippen LogP contribution in [-0.2, 0) is 23.8 Å². The van der Waals surface area contributed by atoms with Crippen LogP contribution in [0.5, 0.6) is 0 Å². The highest BCUT2D eigenvalue weighted by Crippen LogP contribution is 2.40. The van der Waals surface area contributed by atoms with E-state index in [1.54, 1.807) is 13.8 Å². The number of hydrogen-bond acceptors (Lipinski definition) is 7. The largest absolute Gasteiger partial charge is 0.462 e. The van der Waals surface area contributed by atoms with Gasteiger partial charge in [0, 0.05) is 12.4 Å². The van der Waals surface area contributed by atoms with Crippen molar-refractivity contribution in [3.8, 4) is 0 Å². The molecule has 0 radical (unpaired) electrons. The van der Waals surface area contributed by atoms with Gasteiger partial charge in [-0.1, -0.05) is 25.1 Å². The van der Waals surface area contributed by atoms with Gasteiger partial charge < -0.3 is 14.2 Å². The molecular weight excluding hydrogens is 312 g/mol. The number of carbonyl (C=O) groups is 2. The van der Waals surface area contributed by atoms with Gasteiger partial charge in [0.1, 0.15) is 15.2 Å². The Kier molecular flexibility index (Phi) is 8.87. The number of hydrogen-bond donors (Lipinski definition) is 0. The summed E-state index contributed by atoms with van der Waals surface area (Å²) in [5.41, 5.74) is -0.140. The highest BCUT2D eigenvalue weighted by molar-refractivity contribution is 8.11. The Morgan fingerprint density at radius 2 is 1.71 bits per heavy atom. The van der Waals surface area contributed by atoms with Crippen molar-refractivity contribution in [1.82, 2.24) is 0 Å². The molecule has 1 unspecified atom stereocenters. The molecule has 120 valence electrons. The molecule has 1 aliphatic heterocycles. The van der Waals surface area contributed by atoms with E-state index in [9.17, 15) is 9.59 Å². The fourth-order valence-electron chi connectivity index (χ4n) is 1.56. The van der Waals surface area contributed by atoms with Gasteiger partial charge in [0.25, 0.3) is 0 Å². The number of rotatable bonds is 8. The summed E-state index contributed by atoms with van der Waals surface area (Å²) in [6, 6.07) is 0. The minimum Gasteiger partial charge on any atom is -0.462 e. The first-order chi connectivity index (χ1) is 10.1. The van der Waals surface area contributed by atoms with Gasteiger partial charge in [-0.15, -0.1) is 11.8 Å². The van der Waals surface area contributed by atoms with Crippen molar-refractivity contribution in [2.45, 2.75) is 39.0 Å². The van der Waals surface area contributed by atoms with Crippen LogP contribution in [-0.4, -0.2) is 42.9 Å². The topological polar surface area (TPSA) is 61.8 Å². The highest BCUT2D eigenvalue weighted by Gasteiger charge is 2.32. The first-order valence-electron chi connectivity index (χ1n) is 7.13. The number of thioether (sulfide) groups is 2. The lowest BCUT2D eigenvalue weighted by atomic mass is 10.4. The SMILES string of the molecule is CCCCOC1CSC(C(=O)OCC)=C(C(=O)OCC)S1. The molecule has 0 spiro atoms. The minimum absolute atomic E-state index is 0.140. The third-order valence-corrected chi connectivity index (χ3v) is 5.18. The second-order valence-corrected chi connectivity index (χ2v) is 6.38. The molecule has 0 saturated carbocycles. The van der Waals surface area contributed by atoms with Crippen molar-refractivity contribution >= 4 is 35.5 Å². The lowest BCUT2D eigenvalue weighted by Crippen LogP contribution is -2.23. The van der Waals surface area contributed by atoms with Crippen LogP contribution in [0.3, 0.4) is 0 Å². The van der Waals surface area contributed by atoms with Crippen molar-refractivity contribution in [1.29, 1.82) is 0 Å². The van der Waals surface area contributed by atoms with Crippen molar-refractivity contribution in [3.63, 3.8) is 0 Å². The summed E-state index contributed by atoms with van der Waals surface area (Å²) in [6.45, 7) is 6.76. The molecule has 0 aromatic heterocycles. The summed E-state index contributed by atoms with van der Waals surface area (Å²) in [5, 5.41) is 0. The van der Waals surface area contributed by atoms with Crippen LogP contribution in [0.2, 0.25) is 0 Å². The third-order valence-electron chi connectivity index (χ3n) is 2.54. The maximum atomic E-state index is 12.0. The predicted molar refractivity (Wildman–Crippen MR) is 85.0 cm³/mol. The molecule has 5 nitrogen and oxygen atoms in total. The number of ether oxygens (including phenoxy) is 3. The van der Waals surface area contributed by atoms with E-state index in [2.05, 4.69) is 6.92 Å². The molecule has 0 saturated heterocycles. The lowest BCUT2D eigenvalue weighted by Gasteiger charge is -2.24. The molecule has 1 heterocycles. The Morgan fingerprint density at radius 1 is 1.10 bits per heavy atom. The van der Waals surface area contributed by atoms with Crippen LogP contribution >= 0.6 is 23.5 Å². The van der Waals surface area contributed by atoms with E-state index in [0.717, 1.165) is 12.8 Å². The smallest absolute Gasteiger partial charge is 0.346 e. The van der Waals surface area contributed by atoms with Crippen LogP contribution in [0, 0.1) is 0 Å². The van der Waals surface area contributed by atoms with Crippen LogP contribution in [0.4, 0.5) is 0 Å². The fraction of sp³-hybridized carbons (Fsp3) is 0.714. The van der Waals surface area contributed by atoms with E-state index < -0.39 is 11.9 Å².